The summed E-state index contributed by atoms with van der Waals surface area (Å²) < 4.78 is 15.3. The van der Waals surface area contributed by atoms with Gasteiger partial charge < -0.3 is 19.3 Å². The van der Waals surface area contributed by atoms with Gasteiger partial charge in [0.1, 0.15) is 5.75 Å². The smallest absolute Gasteiger partial charge is 0.251 e. The van der Waals surface area contributed by atoms with Crippen LogP contribution in [0.4, 0.5) is 0 Å². The summed E-state index contributed by atoms with van der Waals surface area (Å²) in [5.41, 5.74) is 3.81. The molecule has 146 valence electrons. The van der Waals surface area contributed by atoms with E-state index in [1.54, 1.807) is 26.4 Å². The molecule has 1 amide bonds. The summed E-state index contributed by atoms with van der Waals surface area (Å²) in [7, 11) is 3.26. The van der Waals surface area contributed by atoms with Crippen molar-refractivity contribution in [1.82, 2.24) is 15.5 Å². The lowest BCUT2D eigenvalue weighted by Gasteiger charge is -2.09. The molecule has 0 radical (unpaired) electrons. The van der Waals surface area contributed by atoms with Gasteiger partial charge in [-0.15, -0.1) is 0 Å². The first kappa shape index (κ1) is 19.6. The summed E-state index contributed by atoms with van der Waals surface area (Å²) in [5.74, 6) is 1.55. The van der Waals surface area contributed by atoms with E-state index < -0.39 is 0 Å². The van der Waals surface area contributed by atoms with Crippen LogP contribution >= 0.6 is 0 Å². The van der Waals surface area contributed by atoms with Crippen molar-refractivity contribution in [1.29, 1.82) is 0 Å². The molecule has 0 aliphatic heterocycles. The lowest BCUT2D eigenvalue weighted by Crippen LogP contribution is -2.22. The zero-order valence-corrected chi connectivity index (χ0v) is 16.2. The molecule has 3 aromatic rings. The van der Waals surface area contributed by atoms with Gasteiger partial charge in [-0.3, -0.25) is 4.79 Å². The van der Waals surface area contributed by atoms with Gasteiger partial charge in [-0.05, 0) is 47.9 Å². The van der Waals surface area contributed by atoms with Crippen molar-refractivity contribution in [2.75, 3.05) is 20.8 Å². The van der Waals surface area contributed by atoms with Gasteiger partial charge >= 0.3 is 0 Å². The van der Waals surface area contributed by atoms with Crippen molar-refractivity contribution in [2.24, 2.45) is 0 Å². The van der Waals surface area contributed by atoms with Crippen molar-refractivity contribution >= 4 is 5.91 Å². The summed E-state index contributed by atoms with van der Waals surface area (Å²) in [6.45, 7) is 2.73. The summed E-state index contributed by atoms with van der Waals surface area (Å²) in [6, 6.07) is 13.4. The Bertz CT molecular complexity index is 935. The van der Waals surface area contributed by atoms with Crippen LogP contribution in [-0.2, 0) is 17.7 Å². The van der Waals surface area contributed by atoms with Gasteiger partial charge in [-0.25, -0.2) is 0 Å². The maximum absolute atomic E-state index is 12.4. The number of amides is 1. The molecule has 1 N–H and O–H groups in total. The summed E-state index contributed by atoms with van der Waals surface area (Å²) in [6.07, 6.45) is 0.570. The zero-order chi connectivity index (χ0) is 19.9. The van der Waals surface area contributed by atoms with Gasteiger partial charge in [-0.1, -0.05) is 23.4 Å². The molecular formula is C21H23N3O4. The van der Waals surface area contributed by atoms with E-state index in [0.717, 1.165) is 22.4 Å². The first-order chi connectivity index (χ1) is 13.6. The molecule has 0 saturated carbocycles. The van der Waals surface area contributed by atoms with Gasteiger partial charge in [0, 0.05) is 19.1 Å². The van der Waals surface area contributed by atoms with Crippen LogP contribution in [0.1, 0.15) is 27.6 Å². The molecule has 0 atom stereocenters. The lowest BCUT2D eigenvalue weighted by molar-refractivity contribution is 0.0946. The lowest BCUT2D eigenvalue weighted by atomic mass is 9.99. The van der Waals surface area contributed by atoms with Gasteiger partial charge in [0.05, 0.1) is 20.3 Å². The number of rotatable bonds is 8. The highest BCUT2D eigenvalue weighted by molar-refractivity contribution is 5.94. The minimum absolute atomic E-state index is 0.179. The van der Waals surface area contributed by atoms with Crippen LogP contribution in [0.15, 0.2) is 47.0 Å². The standard InChI is InChI=1S/C21H23N3O4/c1-14-12-17(27-3)8-9-18(14)15-4-6-16(7-5-15)21(25)22-13-20-23-19(24-28-20)10-11-26-2/h4-9,12H,10-11,13H2,1-3H3,(H,22,25). The molecule has 28 heavy (non-hydrogen) atoms. The van der Waals surface area contributed by atoms with Crippen LogP contribution in [0.2, 0.25) is 0 Å². The Labute approximate surface area is 163 Å². The molecule has 1 aromatic heterocycles. The van der Waals surface area contributed by atoms with Crippen LogP contribution in [-0.4, -0.2) is 36.9 Å². The van der Waals surface area contributed by atoms with E-state index in [4.69, 9.17) is 14.0 Å². The van der Waals surface area contributed by atoms with Gasteiger partial charge in [0.2, 0.25) is 5.89 Å². The molecule has 7 nitrogen and oxygen atoms in total. The maximum atomic E-state index is 12.4. The number of methoxy groups -OCH3 is 2. The number of ether oxygens (including phenoxy) is 2. The second-order valence-electron chi connectivity index (χ2n) is 6.29. The second-order valence-corrected chi connectivity index (χ2v) is 6.29. The molecule has 0 saturated heterocycles. The molecule has 0 aliphatic carbocycles. The van der Waals surface area contributed by atoms with Gasteiger partial charge in [-0.2, -0.15) is 4.98 Å². The van der Waals surface area contributed by atoms with Crippen molar-refractivity contribution in [3.05, 3.63) is 65.3 Å². The number of aromatic nitrogens is 2. The van der Waals surface area contributed by atoms with Crippen molar-refractivity contribution in [3.8, 4) is 16.9 Å². The Morgan fingerprint density at radius 2 is 1.93 bits per heavy atom. The summed E-state index contributed by atoms with van der Waals surface area (Å²) in [5, 5.41) is 6.63. The third-order valence-corrected chi connectivity index (χ3v) is 4.33. The van der Waals surface area contributed by atoms with E-state index in [2.05, 4.69) is 15.5 Å². The Hall–Kier alpha value is -3.19. The highest BCUT2D eigenvalue weighted by atomic mass is 16.5. The van der Waals surface area contributed by atoms with Crippen molar-refractivity contribution in [2.45, 2.75) is 19.9 Å². The molecule has 0 bridgehead atoms. The number of benzene rings is 2. The SMILES string of the molecule is COCCc1noc(CNC(=O)c2ccc(-c3ccc(OC)cc3C)cc2)n1. The fraction of sp³-hybridized carbons (Fsp3) is 0.286. The molecule has 3 rings (SSSR count). The minimum atomic E-state index is -0.199. The van der Waals surface area contributed by atoms with E-state index in [9.17, 15) is 4.79 Å². The maximum Gasteiger partial charge on any atom is 0.251 e. The molecule has 0 fully saturated rings. The second kappa shape index (κ2) is 9.14. The van der Waals surface area contributed by atoms with Crippen LogP contribution in [0, 0.1) is 6.92 Å². The highest BCUT2D eigenvalue weighted by Crippen LogP contribution is 2.27. The van der Waals surface area contributed by atoms with Crippen molar-refractivity contribution < 1.29 is 18.8 Å². The number of hydrogen-bond acceptors (Lipinski definition) is 6. The van der Waals surface area contributed by atoms with E-state index in [0.29, 0.717) is 30.3 Å². The fourth-order valence-electron chi connectivity index (χ4n) is 2.80. The monoisotopic (exact) mass is 381 g/mol. The molecule has 1 heterocycles. The average molecular weight is 381 g/mol. The fourth-order valence-corrected chi connectivity index (χ4v) is 2.80. The Morgan fingerprint density at radius 3 is 2.61 bits per heavy atom. The third kappa shape index (κ3) is 4.75. The average Bonchev–Trinajstić information content (AvgIpc) is 3.18. The molecule has 0 unspecified atom stereocenters. The number of nitrogens with one attached hydrogen (secondary N) is 1. The highest BCUT2D eigenvalue weighted by Gasteiger charge is 2.11. The predicted molar refractivity (Wildman–Crippen MR) is 104 cm³/mol. The topological polar surface area (TPSA) is 86.5 Å². The number of nitrogens with zero attached hydrogens (tertiary/aromatic N) is 2. The van der Waals surface area contributed by atoms with Crippen LogP contribution in [0.5, 0.6) is 5.75 Å². The van der Waals surface area contributed by atoms with E-state index in [-0.39, 0.29) is 12.5 Å². The minimum Gasteiger partial charge on any atom is -0.497 e. The van der Waals surface area contributed by atoms with E-state index in [1.165, 1.54) is 0 Å². The molecule has 0 aliphatic rings. The largest absolute Gasteiger partial charge is 0.497 e. The normalized spacial score (nSPS) is 10.7. The first-order valence-electron chi connectivity index (χ1n) is 8.94. The van der Waals surface area contributed by atoms with Gasteiger partial charge in [0.25, 0.3) is 5.91 Å². The Morgan fingerprint density at radius 1 is 1.14 bits per heavy atom. The van der Waals surface area contributed by atoms with E-state index in [1.807, 2.05) is 37.3 Å². The van der Waals surface area contributed by atoms with Crippen LogP contribution in [0.3, 0.4) is 0 Å². The first-order valence-corrected chi connectivity index (χ1v) is 8.94. The number of hydrogen-bond donors (Lipinski definition) is 1. The third-order valence-electron chi connectivity index (χ3n) is 4.33. The summed E-state index contributed by atoms with van der Waals surface area (Å²) in [4.78, 5) is 16.6. The molecule has 0 spiro atoms. The molecule has 7 heteroatoms. The van der Waals surface area contributed by atoms with E-state index >= 15 is 0 Å². The molecule has 2 aromatic carbocycles. The number of aryl methyl sites for hydroxylation is 1. The van der Waals surface area contributed by atoms with Gasteiger partial charge in [0.15, 0.2) is 5.82 Å². The summed E-state index contributed by atoms with van der Waals surface area (Å²) >= 11 is 0. The molecular weight excluding hydrogens is 358 g/mol. The number of carbonyl (C=O) groups excluding carboxylic acids is 1. The van der Waals surface area contributed by atoms with Crippen LogP contribution < -0.4 is 10.1 Å². The van der Waals surface area contributed by atoms with Crippen molar-refractivity contribution in [3.63, 3.8) is 0 Å². The Balaban J connectivity index is 1.61. The zero-order valence-electron chi connectivity index (χ0n) is 16.2. The predicted octanol–water partition coefficient (Wildman–Crippen LogP) is 3.17. The number of carbonyl (C=O) groups is 1. The van der Waals surface area contributed by atoms with Crippen LogP contribution in [0.25, 0.3) is 11.1 Å². The quantitative estimate of drug-likeness (QED) is 0.645. The Kier molecular flexibility index (Phi) is 6.39.